The molecule has 2 aromatic rings. The third kappa shape index (κ3) is 2.70. The molecule has 0 amide bonds. The number of ether oxygens (including phenoxy) is 1. The number of piperidine rings is 1. The van der Waals surface area contributed by atoms with Gasteiger partial charge in [-0.3, -0.25) is 0 Å². The summed E-state index contributed by atoms with van der Waals surface area (Å²) in [7, 11) is 0. The quantitative estimate of drug-likeness (QED) is 0.853. The van der Waals surface area contributed by atoms with Crippen molar-refractivity contribution < 1.29 is 4.74 Å². The maximum atomic E-state index is 5.41. The largest absolute Gasteiger partial charge is 0.378 e. The molecule has 4 heterocycles. The number of anilines is 2. The summed E-state index contributed by atoms with van der Waals surface area (Å²) in [5.41, 5.74) is 0.893. The average molecular weight is 304 g/mol. The molecule has 5 nitrogen and oxygen atoms in total. The van der Waals surface area contributed by atoms with Gasteiger partial charge in [0.2, 0.25) is 0 Å². The zero-order valence-corrected chi connectivity index (χ0v) is 12.9. The molecular formula is C15H20N4OS. The van der Waals surface area contributed by atoms with Gasteiger partial charge < -0.3 is 14.5 Å². The van der Waals surface area contributed by atoms with Crippen LogP contribution in [-0.4, -0.2) is 49.4 Å². The molecule has 2 fully saturated rings. The van der Waals surface area contributed by atoms with E-state index in [1.807, 2.05) is 0 Å². The van der Waals surface area contributed by atoms with E-state index in [0.717, 1.165) is 56.0 Å². The SMILES string of the molecule is c1cc2sc(N3CCOCC3)nc2nc1N1CCCCC1. The lowest BCUT2D eigenvalue weighted by molar-refractivity contribution is 0.122. The average Bonchev–Trinajstić information content (AvgIpc) is 2.99. The van der Waals surface area contributed by atoms with Crippen molar-refractivity contribution in [3.05, 3.63) is 12.1 Å². The highest BCUT2D eigenvalue weighted by Gasteiger charge is 2.17. The van der Waals surface area contributed by atoms with Crippen molar-refractivity contribution in [2.45, 2.75) is 19.3 Å². The number of aromatic nitrogens is 2. The van der Waals surface area contributed by atoms with Gasteiger partial charge in [-0.15, -0.1) is 0 Å². The molecule has 0 aliphatic carbocycles. The van der Waals surface area contributed by atoms with E-state index < -0.39 is 0 Å². The van der Waals surface area contributed by atoms with Crippen LogP contribution in [0.15, 0.2) is 12.1 Å². The summed E-state index contributed by atoms with van der Waals surface area (Å²) < 4.78 is 6.58. The number of fused-ring (bicyclic) bond motifs is 1. The summed E-state index contributed by atoms with van der Waals surface area (Å²) >= 11 is 1.74. The van der Waals surface area contributed by atoms with E-state index in [-0.39, 0.29) is 0 Å². The van der Waals surface area contributed by atoms with Gasteiger partial charge in [0.15, 0.2) is 10.8 Å². The minimum absolute atomic E-state index is 0.794. The molecule has 2 aliphatic rings. The Labute approximate surface area is 128 Å². The van der Waals surface area contributed by atoms with Crippen LogP contribution >= 0.6 is 11.3 Å². The van der Waals surface area contributed by atoms with Crippen molar-refractivity contribution in [1.82, 2.24) is 9.97 Å². The molecule has 0 atom stereocenters. The van der Waals surface area contributed by atoms with E-state index in [4.69, 9.17) is 14.7 Å². The van der Waals surface area contributed by atoms with Gasteiger partial charge in [0.05, 0.1) is 17.9 Å². The van der Waals surface area contributed by atoms with Crippen LogP contribution in [-0.2, 0) is 4.74 Å². The molecule has 112 valence electrons. The maximum absolute atomic E-state index is 5.41. The van der Waals surface area contributed by atoms with Crippen LogP contribution in [0.2, 0.25) is 0 Å². The highest BCUT2D eigenvalue weighted by atomic mass is 32.1. The third-order valence-corrected chi connectivity index (χ3v) is 5.26. The van der Waals surface area contributed by atoms with Crippen LogP contribution in [0, 0.1) is 0 Å². The van der Waals surface area contributed by atoms with Gasteiger partial charge in [0, 0.05) is 26.2 Å². The van der Waals surface area contributed by atoms with Crippen molar-refractivity contribution >= 4 is 32.6 Å². The second-order valence-corrected chi connectivity index (χ2v) is 6.64. The lowest BCUT2D eigenvalue weighted by Gasteiger charge is -2.27. The molecule has 0 unspecified atom stereocenters. The Kier molecular flexibility index (Phi) is 3.65. The highest BCUT2D eigenvalue weighted by molar-refractivity contribution is 7.22. The van der Waals surface area contributed by atoms with E-state index in [0.29, 0.717) is 0 Å². The van der Waals surface area contributed by atoms with Crippen molar-refractivity contribution in [2.24, 2.45) is 0 Å². The number of nitrogens with zero attached hydrogens (tertiary/aromatic N) is 4. The molecule has 0 radical (unpaired) electrons. The number of rotatable bonds is 2. The number of hydrogen-bond acceptors (Lipinski definition) is 6. The predicted molar refractivity (Wildman–Crippen MR) is 86.5 cm³/mol. The first-order chi connectivity index (χ1) is 10.4. The van der Waals surface area contributed by atoms with Gasteiger partial charge in [0.1, 0.15) is 5.82 Å². The van der Waals surface area contributed by atoms with Crippen LogP contribution in [0.5, 0.6) is 0 Å². The molecule has 2 aliphatic heterocycles. The topological polar surface area (TPSA) is 41.5 Å². The standard InChI is InChI=1S/C15H20N4OS/c1-2-6-18(7-3-1)13-5-4-12-14(16-13)17-15(21-12)19-8-10-20-11-9-19/h4-5H,1-3,6-11H2. The molecular weight excluding hydrogens is 284 g/mol. The fourth-order valence-corrected chi connectivity index (χ4v) is 3.95. The zero-order valence-electron chi connectivity index (χ0n) is 12.1. The van der Waals surface area contributed by atoms with Crippen LogP contribution < -0.4 is 9.80 Å². The maximum Gasteiger partial charge on any atom is 0.188 e. The van der Waals surface area contributed by atoms with Gasteiger partial charge in [-0.05, 0) is 31.4 Å². The Hall–Kier alpha value is -1.40. The van der Waals surface area contributed by atoms with Crippen molar-refractivity contribution in [3.63, 3.8) is 0 Å². The van der Waals surface area contributed by atoms with Gasteiger partial charge in [-0.2, -0.15) is 4.98 Å². The molecule has 21 heavy (non-hydrogen) atoms. The number of pyridine rings is 1. The van der Waals surface area contributed by atoms with E-state index in [1.165, 1.54) is 24.0 Å². The first-order valence-corrected chi connectivity index (χ1v) is 8.57. The smallest absolute Gasteiger partial charge is 0.188 e. The Bertz CT molecular complexity index is 601. The summed E-state index contributed by atoms with van der Waals surface area (Å²) in [5, 5.41) is 1.08. The normalized spacial score (nSPS) is 20.2. The Morgan fingerprint density at radius 2 is 1.71 bits per heavy atom. The van der Waals surface area contributed by atoms with Crippen LogP contribution in [0.1, 0.15) is 19.3 Å². The minimum atomic E-state index is 0.794. The summed E-state index contributed by atoms with van der Waals surface area (Å²) in [6.07, 6.45) is 3.89. The van der Waals surface area contributed by atoms with Crippen LogP contribution in [0.3, 0.4) is 0 Å². The third-order valence-electron chi connectivity index (χ3n) is 4.19. The molecule has 6 heteroatoms. The van der Waals surface area contributed by atoms with Gasteiger partial charge in [-0.25, -0.2) is 4.98 Å². The van der Waals surface area contributed by atoms with Crippen LogP contribution in [0.25, 0.3) is 10.3 Å². The Morgan fingerprint density at radius 1 is 0.905 bits per heavy atom. The molecule has 0 aromatic carbocycles. The first kappa shape index (κ1) is 13.3. The van der Waals surface area contributed by atoms with Crippen molar-refractivity contribution in [1.29, 1.82) is 0 Å². The molecule has 0 N–H and O–H groups in total. The van der Waals surface area contributed by atoms with E-state index in [2.05, 4.69) is 21.9 Å². The second kappa shape index (κ2) is 5.77. The minimum Gasteiger partial charge on any atom is -0.378 e. The summed E-state index contributed by atoms with van der Waals surface area (Å²) in [4.78, 5) is 14.2. The Balaban J connectivity index is 1.61. The molecule has 0 saturated carbocycles. The van der Waals surface area contributed by atoms with Gasteiger partial charge in [-0.1, -0.05) is 11.3 Å². The summed E-state index contributed by atoms with van der Waals surface area (Å²) in [5.74, 6) is 1.08. The van der Waals surface area contributed by atoms with E-state index >= 15 is 0 Å². The number of hydrogen-bond donors (Lipinski definition) is 0. The summed E-state index contributed by atoms with van der Waals surface area (Å²) in [6.45, 7) is 5.69. The fraction of sp³-hybridized carbons (Fsp3) is 0.600. The number of morpholine rings is 1. The molecule has 0 spiro atoms. The monoisotopic (exact) mass is 304 g/mol. The predicted octanol–water partition coefficient (Wildman–Crippen LogP) is 2.52. The second-order valence-electron chi connectivity index (χ2n) is 5.63. The van der Waals surface area contributed by atoms with Gasteiger partial charge >= 0.3 is 0 Å². The van der Waals surface area contributed by atoms with Gasteiger partial charge in [0.25, 0.3) is 0 Å². The molecule has 0 bridgehead atoms. The molecule has 2 saturated heterocycles. The lowest BCUT2D eigenvalue weighted by atomic mass is 10.1. The summed E-state index contributed by atoms with van der Waals surface area (Å²) in [6, 6.07) is 4.32. The van der Waals surface area contributed by atoms with E-state index in [9.17, 15) is 0 Å². The van der Waals surface area contributed by atoms with E-state index in [1.54, 1.807) is 11.3 Å². The molecule has 2 aromatic heterocycles. The van der Waals surface area contributed by atoms with Crippen LogP contribution in [0.4, 0.5) is 10.9 Å². The Morgan fingerprint density at radius 3 is 2.52 bits per heavy atom. The first-order valence-electron chi connectivity index (χ1n) is 7.75. The lowest BCUT2D eigenvalue weighted by Crippen LogP contribution is -2.36. The molecule has 4 rings (SSSR count). The fourth-order valence-electron chi connectivity index (χ4n) is 2.99. The zero-order chi connectivity index (χ0) is 14.1. The highest BCUT2D eigenvalue weighted by Crippen LogP contribution is 2.30. The van der Waals surface area contributed by atoms with Crippen molar-refractivity contribution in [2.75, 3.05) is 49.2 Å². The number of thiazole rings is 1. The van der Waals surface area contributed by atoms with Crippen molar-refractivity contribution in [3.8, 4) is 0 Å².